The van der Waals surface area contributed by atoms with Crippen molar-refractivity contribution >= 4 is 0 Å². The molecule has 0 radical (unpaired) electrons. The first-order chi connectivity index (χ1) is 10.8. The smallest absolute Gasteiger partial charge is 0.433 e. The number of benzene rings is 1. The summed E-state index contributed by atoms with van der Waals surface area (Å²) in [7, 11) is 4.05. The molecule has 0 saturated carbocycles. The van der Waals surface area contributed by atoms with E-state index in [2.05, 4.69) is 9.88 Å². The molecule has 0 fully saturated rings. The van der Waals surface area contributed by atoms with E-state index >= 15 is 0 Å². The monoisotopic (exact) mass is 324 g/mol. The number of hydrogen-bond donors (Lipinski definition) is 0. The average molecular weight is 324 g/mol. The molecule has 1 heterocycles. The van der Waals surface area contributed by atoms with Crippen LogP contribution in [-0.2, 0) is 12.6 Å². The van der Waals surface area contributed by atoms with Gasteiger partial charge in [0.1, 0.15) is 11.4 Å². The molecule has 0 atom stereocenters. The highest BCUT2D eigenvalue weighted by Crippen LogP contribution is 2.29. The van der Waals surface area contributed by atoms with E-state index < -0.39 is 11.9 Å². The maximum Gasteiger partial charge on any atom is 0.433 e. The molecular formula is C17H19F3N2O. The predicted octanol–water partition coefficient (Wildman–Crippen LogP) is 4.39. The van der Waals surface area contributed by atoms with Crippen molar-refractivity contribution in [3.8, 4) is 11.6 Å². The van der Waals surface area contributed by atoms with Gasteiger partial charge in [-0.15, -0.1) is 0 Å². The summed E-state index contributed by atoms with van der Waals surface area (Å²) in [5.74, 6) is 0.397. The van der Waals surface area contributed by atoms with Crippen molar-refractivity contribution < 1.29 is 17.9 Å². The van der Waals surface area contributed by atoms with E-state index in [0.29, 0.717) is 5.75 Å². The Bertz CT molecular complexity index is 624. The zero-order chi connectivity index (χ0) is 16.9. The minimum absolute atomic E-state index is 0.0693. The third-order valence-electron chi connectivity index (χ3n) is 3.23. The van der Waals surface area contributed by atoms with Gasteiger partial charge in [0.25, 0.3) is 0 Å². The Balaban J connectivity index is 1.98. The van der Waals surface area contributed by atoms with Crippen LogP contribution in [0.2, 0.25) is 0 Å². The number of pyridine rings is 1. The van der Waals surface area contributed by atoms with E-state index in [-0.39, 0.29) is 5.88 Å². The largest absolute Gasteiger partial charge is 0.439 e. The lowest BCUT2D eigenvalue weighted by Gasteiger charge is -2.10. The summed E-state index contributed by atoms with van der Waals surface area (Å²) in [4.78, 5) is 5.60. The number of ether oxygens (including phenoxy) is 1. The first-order valence-corrected chi connectivity index (χ1v) is 7.30. The number of aryl methyl sites for hydroxylation is 1. The highest BCUT2D eigenvalue weighted by molar-refractivity contribution is 5.31. The summed E-state index contributed by atoms with van der Waals surface area (Å²) >= 11 is 0. The van der Waals surface area contributed by atoms with Crippen LogP contribution in [0.1, 0.15) is 17.7 Å². The van der Waals surface area contributed by atoms with E-state index in [1.54, 1.807) is 12.1 Å². The number of rotatable bonds is 6. The van der Waals surface area contributed by atoms with Gasteiger partial charge in [-0.25, -0.2) is 4.98 Å². The van der Waals surface area contributed by atoms with Crippen molar-refractivity contribution in [2.24, 2.45) is 0 Å². The normalized spacial score (nSPS) is 11.7. The maximum absolute atomic E-state index is 12.6. The van der Waals surface area contributed by atoms with Crippen LogP contribution in [0.15, 0.2) is 42.5 Å². The summed E-state index contributed by atoms with van der Waals surface area (Å²) in [5, 5.41) is 0. The standard InChI is InChI=1S/C17H19F3N2O/c1-22(2)12-4-5-13-8-10-14(11-9-13)23-16-7-3-6-15(21-16)17(18,19)20/h3,6-11H,4-5,12H2,1-2H3. The Morgan fingerprint density at radius 2 is 1.74 bits per heavy atom. The lowest BCUT2D eigenvalue weighted by molar-refractivity contribution is -0.141. The highest BCUT2D eigenvalue weighted by Gasteiger charge is 2.32. The second kappa shape index (κ2) is 7.46. The van der Waals surface area contributed by atoms with E-state index in [4.69, 9.17) is 4.74 Å². The number of alkyl halides is 3. The molecule has 0 aliphatic rings. The summed E-state index contributed by atoms with van der Waals surface area (Å²) in [6.07, 6.45) is -2.49. The van der Waals surface area contributed by atoms with Crippen molar-refractivity contribution in [2.45, 2.75) is 19.0 Å². The van der Waals surface area contributed by atoms with Crippen molar-refractivity contribution in [3.05, 3.63) is 53.7 Å². The lowest BCUT2D eigenvalue weighted by atomic mass is 10.1. The molecule has 1 aromatic carbocycles. The van der Waals surface area contributed by atoms with Gasteiger partial charge in [0.2, 0.25) is 5.88 Å². The van der Waals surface area contributed by atoms with Gasteiger partial charge in [-0.3, -0.25) is 0 Å². The summed E-state index contributed by atoms with van der Waals surface area (Å²) < 4.78 is 43.2. The van der Waals surface area contributed by atoms with E-state index in [1.165, 1.54) is 12.1 Å². The van der Waals surface area contributed by atoms with E-state index in [1.807, 2.05) is 26.2 Å². The zero-order valence-electron chi connectivity index (χ0n) is 13.1. The molecule has 0 aliphatic carbocycles. The average Bonchev–Trinajstić information content (AvgIpc) is 2.48. The van der Waals surface area contributed by atoms with Gasteiger partial charge < -0.3 is 9.64 Å². The molecule has 0 saturated heterocycles. The molecule has 0 amide bonds. The Hall–Kier alpha value is -2.08. The Kier molecular flexibility index (Phi) is 5.60. The van der Waals surface area contributed by atoms with Crippen molar-refractivity contribution in [2.75, 3.05) is 20.6 Å². The van der Waals surface area contributed by atoms with Gasteiger partial charge in [-0.2, -0.15) is 13.2 Å². The number of nitrogens with zero attached hydrogens (tertiary/aromatic N) is 2. The van der Waals surface area contributed by atoms with Crippen LogP contribution in [0.25, 0.3) is 0 Å². The van der Waals surface area contributed by atoms with Gasteiger partial charge >= 0.3 is 6.18 Å². The minimum atomic E-state index is -4.48. The quantitative estimate of drug-likeness (QED) is 0.788. The summed E-state index contributed by atoms with van der Waals surface area (Å²) in [5.41, 5.74) is 0.200. The number of halogens is 3. The molecule has 1 aromatic heterocycles. The molecule has 2 aromatic rings. The van der Waals surface area contributed by atoms with Gasteiger partial charge in [0, 0.05) is 6.07 Å². The Morgan fingerprint density at radius 1 is 1.04 bits per heavy atom. The molecule has 0 unspecified atom stereocenters. The first kappa shape index (κ1) is 17.3. The Morgan fingerprint density at radius 3 is 2.35 bits per heavy atom. The van der Waals surface area contributed by atoms with Crippen LogP contribution in [0.4, 0.5) is 13.2 Å². The van der Waals surface area contributed by atoms with Gasteiger partial charge in [-0.1, -0.05) is 18.2 Å². The van der Waals surface area contributed by atoms with Crippen LogP contribution >= 0.6 is 0 Å². The molecular weight excluding hydrogens is 305 g/mol. The van der Waals surface area contributed by atoms with E-state index in [0.717, 1.165) is 31.0 Å². The topological polar surface area (TPSA) is 25.4 Å². The van der Waals surface area contributed by atoms with Crippen molar-refractivity contribution in [1.29, 1.82) is 0 Å². The van der Waals surface area contributed by atoms with Crippen LogP contribution in [0, 0.1) is 0 Å². The minimum Gasteiger partial charge on any atom is -0.439 e. The van der Waals surface area contributed by atoms with Crippen molar-refractivity contribution in [3.63, 3.8) is 0 Å². The number of aromatic nitrogens is 1. The fourth-order valence-electron chi connectivity index (χ4n) is 2.07. The zero-order valence-corrected chi connectivity index (χ0v) is 13.1. The molecule has 3 nitrogen and oxygen atoms in total. The molecule has 124 valence electrons. The second-order valence-corrected chi connectivity index (χ2v) is 5.51. The molecule has 23 heavy (non-hydrogen) atoms. The van der Waals surface area contributed by atoms with Crippen LogP contribution in [0.3, 0.4) is 0 Å². The maximum atomic E-state index is 12.6. The summed E-state index contributed by atoms with van der Waals surface area (Å²) in [6, 6.07) is 10.9. The molecule has 0 spiro atoms. The third-order valence-corrected chi connectivity index (χ3v) is 3.23. The fourth-order valence-corrected chi connectivity index (χ4v) is 2.07. The molecule has 6 heteroatoms. The molecule has 0 N–H and O–H groups in total. The van der Waals surface area contributed by atoms with Gasteiger partial charge in [-0.05, 0) is 57.2 Å². The first-order valence-electron chi connectivity index (χ1n) is 7.30. The lowest BCUT2D eigenvalue weighted by Crippen LogP contribution is -2.13. The van der Waals surface area contributed by atoms with Gasteiger partial charge in [0.05, 0.1) is 0 Å². The SMILES string of the molecule is CN(C)CCCc1ccc(Oc2cccc(C(F)(F)F)n2)cc1. The van der Waals surface area contributed by atoms with Crippen LogP contribution in [0.5, 0.6) is 11.6 Å². The Labute approximate surface area is 133 Å². The second-order valence-electron chi connectivity index (χ2n) is 5.51. The predicted molar refractivity (Wildman–Crippen MR) is 82.6 cm³/mol. The molecule has 0 aliphatic heterocycles. The van der Waals surface area contributed by atoms with Crippen LogP contribution < -0.4 is 4.74 Å². The molecule has 2 rings (SSSR count). The molecule has 0 bridgehead atoms. The number of hydrogen-bond acceptors (Lipinski definition) is 3. The fraction of sp³-hybridized carbons (Fsp3) is 0.353. The van der Waals surface area contributed by atoms with Crippen molar-refractivity contribution in [1.82, 2.24) is 9.88 Å². The van der Waals surface area contributed by atoms with Gasteiger partial charge in [0.15, 0.2) is 0 Å². The van der Waals surface area contributed by atoms with E-state index in [9.17, 15) is 13.2 Å². The van der Waals surface area contributed by atoms with Crippen LogP contribution in [-0.4, -0.2) is 30.5 Å². The highest BCUT2D eigenvalue weighted by atomic mass is 19.4. The summed E-state index contributed by atoms with van der Waals surface area (Å²) in [6.45, 7) is 1.01. The third kappa shape index (κ3) is 5.56.